The molecule has 2 aromatic carbocycles. The number of nitrogens with two attached hydrogens (primary N) is 1. The molecule has 0 radical (unpaired) electrons. The molecule has 0 saturated carbocycles. The molecule has 0 heterocycles. The minimum absolute atomic E-state index is 0.150. The lowest BCUT2D eigenvalue weighted by atomic mass is 10.1. The highest BCUT2D eigenvalue weighted by atomic mass is 19.1. The maximum Gasteiger partial charge on any atom is 0.228 e. The van der Waals surface area contributed by atoms with E-state index in [2.05, 4.69) is 5.32 Å². The number of halogens is 1. The largest absolute Gasteiger partial charge is 0.398 e. The van der Waals surface area contributed by atoms with Crippen molar-refractivity contribution in [3.63, 3.8) is 0 Å². The number of aryl methyl sites for hydroxylation is 2. The first-order valence-corrected chi connectivity index (χ1v) is 6.36. The van der Waals surface area contributed by atoms with Crippen molar-refractivity contribution in [3.05, 3.63) is 58.9 Å². The first-order valence-electron chi connectivity index (χ1n) is 6.36. The molecule has 0 aliphatic carbocycles. The highest BCUT2D eigenvalue weighted by Gasteiger charge is 2.08. The third-order valence-electron chi connectivity index (χ3n) is 3.17. The Balaban J connectivity index is 2.08. The molecule has 0 aromatic heterocycles. The van der Waals surface area contributed by atoms with Gasteiger partial charge in [-0.05, 0) is 48.7 Å². The van der Waals surface area contributed by atoms with Crippen LogP contribution in [0.2, 0.25) is 0 Å². The van der Waals surface area contributed by atoms with E-state index in [1.54, 1.807) is 18.2 Å². The smallest absolute Gasteiger partial charge is 0.228 e. The molecule has 0 aliphatic heterocycles. The van der Waals surface area contributed by atoms with Crippen LogP contribution in [0, 0.1) is 19.7 Å². The Labute approximate surface area is 117 Å². The van der Waals surface area contributed by atoms with Crippen LogP contribution in [-0.2, 0) is 11.2 Å². The summed E-state index contributed by atoms with van der Waals surface area (Å²) in [5.41, 5.74) is 9.91. The fraction of sp³-hybridized carbons (Fsp3) is 0.188. The van der Waals surface area contributed by atoms with Crippen LogP contribution < -0.4 is 11.1 Å². The molecule has 0 saturated heterocycles. The molecule has 2 aromatic rings. The summed E-state index contributed by atoms with van der Waals surface area (Å²) >= 11 is 0. The Morgan fingerprint density at radius 1 is 1.15 bits per heavy atom. The van der Waals surface area contributed by atoms with Gasteiger partial charge in [-0.3, -0.25) is 4.79 Å². The molecule has 1 amide bonds. The molecule has 0 unspecified atom stereocenters. The van der Waals surface area contributed by atoms with Crippen LogP contribution in [0.15, 0.2) is 36.4 Å². The van der Waals surface area contributed by atoms with E-state index in [9.17, 15) is 9.18 Å². The number of hydrogen-bond donors (Lipinski definition) is 2. The van der Waals surface area contributed by atoms with Crippen molar-refractivity contribution >= 4 is 17.3 Å². The molecule has 0 spiro atoms. The van der Waals surface area contributed by atoms with Crippen LogP contribution in [-0.4, -0.2) is 5.91 Å². The number of rotatable bonds is 3. The van der Waals surface area contributed by atoms with Crippen molar-refractivity contribution in [2.75, 3.05) is 11.1 Å². The van der Waals surface area contributed by atoms with Crippen LogP contribution >= 0.6 is 0 Å². The average molecular weight is 272 g/mol. The van der Waals surface area contributed by atoms with Gasteiger partial charge in [-0.25, -0.2) is 4.39 Å². The SMILES string of the molecule is Cc1cc(C)c(NC(=O)Cc2ccc(F)cc2)cc1N. The van der Waals surface area contributed by atoms with Gasteiger partial charge in [-0.15, -0.1) is 0 Å². The molecule has 2 rings (SSSR count). The van der Waals surface area contributed by atoms with Crippen molar-refractivity contribution in [1.82, 2.24) is 0 Å². The van der Waals surface area contributed by atoms with E-state index in [-0.39, 0.29) is 18.1 Å². The number of amides is 1. The molecule has 104 valence electrons. The van der Waals surface area contributed by atoms with Crippen molar-refractivity contribution < 1.29 is 9.18 Å². The summed E-state index contributed by atoms with van der Waals surface area (Å²) in [5, 5.41) is 2.83. The first-order chi connectivity index (χ1) is 9.45. The van der Waals surface area contributed by atoms with Crippen LogP contribution in [0.4, 0.5) is 15.8 Å². The molecule has 4 heteroatoms. The lowest BCUT2D eigenvalue weighted by Crippen LogP contribution is -2.15. The second-order valence-electron chi connectivity index (χ2n) is 4.88. The number of nitrogens with one attached hydrogen (secondary N) is 1. The Hall–Kier alpha value is -2.36. The highest BCUT2D eigenvalue weighted by molar-refractivity contribution is 5.93. The molecular formula is C16H17FN2O. The van der Waals surface area contributed by atoms with Gasteiger partial charge in [-0.2, -0.15) is 0 Å². The molecule has 3 N–H and O–H groups in total. The van der Waals surface area contributed by atoms with Crippen LogP contribution in [0.25, 0.3) is 0 Å². The zero-order valence-corrected chi connectivity index (χ0v) is 11.5. The third kappa shape index (κ3) is 3.35. The lowest BCUT2D eigenvalue weighted by Gasteiger charge is -2.11. The Morgan fingerprint density at radius 2 is 1.80 bits per heavy atom. The van der Waals surface area contributed by atoms with E-state index in [0.717, 1.165) is 16.7 Å². The van der Waals surface area contributed by atoms with Crippen molar-refractivity contribution in [2.24, 2.45) is 0 Å². The van der Waals surface area contributed by atoms with E-state index >= 15 is 0 Å². The van der Waals surface area contributed by atoms with Crippen LogP contribution in [0.1, 0.15) is 16.7 Å². The second-order valence-corrected chi connectivity index (χ2v) is 4.88. The molecule has 0 atom stereocenters. The zero-order chi connectivity index (χ0) is 14.7. The second kappa shape index (κ2) is 5.74. The number of benzene rings is 2. The fourth-order valence-electron chi connectivity index (χ4n) is 1.99. The number of anilines is 2. The van der Waals surface area contributed by atoms with Crippen molar-refractivity contribution in [1.29, 1.82) is 0 Å². The van der Waals surface area contributed by atoms with E-state index < -0.39 is 0 Å². The molecular weight excluding hydrogens is 255 g/mol. The van der Waals surface area contributed by atoms with E-state index in [1.807, 2.05) is 19.9 Å². The Morgan fingerprint density at radius 3 is 2.45 bits per heavy atom. The predicted octanol–water partition coefficient (Wildman–Crippen LogP) is 3.21. The van der Waals surface area contributed by atoms with E-state index in [0.29, 0.717) is 11.4 Å². The zero-order valence-electron chi connectivity index (χ0n) is 11.5. The van der Waals surface area contributed by atoms with Gasteiger partial charge in [0.25, 0.3) is 0 Å². The fourth-order valence-corrected chi connectivity index (χ4v) is 1.99. The highest BCUT2D eigenvalue weighted by Crippen LogP contribution is 2.22. The van der Waals surface area contributed by atoms with Crippen LogP contribution in [0.5, 0.6) is 0 Å². The average Bonchev–Trinajstić information content (AvgIpc) is 2.39. The van der Waals surface area contributed by atoms with Gasteiger partial charge in [0.15, 0.2) is 0 Å². The standard InChI is InChI=1S/C16H17FN2O/c1-10-7-11(2)15(9-14(10)18)19-16(20)8-12-3-5-13(17)6-4-12/h3-7,9H,8,18H2,1-2H3,(H,19,20). The van der Waals surface area contributed by atoms with Gasteiger partial charge >= 0.3 is 0 Å². The number of carbonyl (C=O) groups is 1. The summed E-state index contributed by atoms with van der Waals surface area (Å²) in [6.07, 6.45) is 0.202. The summed E-state index contributed by atoms with van der Waals surface area (Å²) in [7, 11) is 0. The van der Waals surface area contributed by atoms with E-state index in [1.165, 1.54) is 12.1 Å². The summed E-state index contributed by atoms with van der Waals surface area (Å²) in [6.45, 7) is 3.84. The topological polar surface area (TPSA) is 55.1 Å². The molecule has 20 heavy (non-hydrogen) atoms. The monoisotopic (exact) mass is 272 g/mol. The lowest BCUT2D eigenvalue weighted by molar-refractivity contribution is -0.115. The maximum absolute atomic E-state index is 12.8. The van der Waals surface area contributed by atoms with E-state index in [4.69, 9.17) is 5.73 Å². The molecule has 0 bridgehead atoms. The quantitative estimate of drug-likeness (QED) is 0.843. The van der Waals surface area contributed by atoms with Gasteiger partial charge in [0.05, 0.1) is 6.42 Å². The van der Waals surface area contributed by atoms with Gasteiger partial charge < -0.3 is 11.1 Å². The first kappa shape index (κ1) is 14.1. The van der Waals surface area contributed by atoms with Gasteiger partial charge in [0.1, 0.15) is 5.82 Å². The number of hydrogen-bond acceptors (Lipinski definition) is 2. The number of carbonyl (C=O) groups excluding carboxylic acids is 1. The third-order valence-corrected chi connectivity index (χ3v) is 3.17. The predicted molar refractivity (Wildman–Crippen MR) is 79.1 cm³/mol. The van der Waals surface area contributed by atoms with Gasteiger partial charge in [-0.1, -0.05) is 18.2 Å². The molecule has 0 aliphatic rings. The summed E-state index contributed by atoms with van der Waals surface area (Å²) in [6, 6.07) is 9.59. The normalized spacial score (nSPS) is 10.3. The number of nitrogen functional groups attached to an aromatic ring is 1. The minimum Gasteiger partial charge on any atom is -0.398 e. The summed E-state index contributed by atoms with van der Waals surface area (Å²) in [5.74, 6) is -0.459. The van der Waals surface area contributed by atoms with Crippen molar-refractivity contribution in [3.8, 4) is 0 Å². The summed E-state index contributed by atoms with van der Waals surface area (Å²) < 4.78 is 12.8. The maximum atomic E-state index is 12.8. The van der Waals surface area contributed by atoms with Gasteiger partial charge in [0.2, 0.25) is 5.91 Å². The summed E-state index contributed by atoms with van der Waals surface area (Å²) in [4.78, 5) is 12.0. The molecule has 0 fully saturated rings. The Kier molecular flexibility index (Phi) is 4.03. The van der Waals surface area contributed by atoms with Gasteiger partial charge in [0, 0.05) is 11.4 Å². The van der Waals surface area contributed by atoms with Crippen LogP contribution in [0.3, 0.4) is 0 Å². The minimum atomic E-state index is -0.309. The molecule has 3 nitrogen and oxygen atoms in total. The van der Waals surface area contributed by atoms with Crippen molar-refractivity contribution in [2.45, 2.75) is 20.3 Å². The Bertz CT molecular complexity index is 636.